The molecule has 1 heterocycles. The fourth-order valence-electron chi connectivity index (χ4n) is 1.30. The predicted octanol–water partition coefficient (Wildman–Crippen LogP) is -2.83. The maximum atomic E-state index is 9.30. The molecule has 1 saturated heterocycles. The number of aliphatic hydroxyl groups excluding tert-OH is 5. The van der Waals surface area contributed by atoms with Crippen LogP contribution in [0.15, 0.2) is 0 Å². The van der Waals surface area contributed by atoms with Crippen molar-refractivity contribution in [3.05, 3.63) is 0 Å². The molecule has 1 fully saturated rings. The zero-order chi connectivity index (χ0) is 10.0. The second kappa shape index (κ2) is 4.32. The van der Waals surface area contributed by atoms with Crippen LogP contribution < -0.4 is 0 Å². The third-order valence-electron chi connectivity index (χ3n) is 2.10. The van der Waals surface area contributed by atoms with E-state index in [4.69, 9.17) is 20.1 Å². The first-order chi connectivity index (χ1) is 6.07. The van der Waals surface area contributed by atoms with E-state index in [-0.39, 0.29) is 13.0 Å². The van der Waals surface area contributed by atoms with E-state index in [0.29, 0.717) is 0 Å². The fourth-order valence-corrected chi connectivity index (χ4v) is 1.30. The van der Waals surface area contributed by atoms with Crippen molar-refractivity contribution < 1.29 is 30.3 Å². The summed E-state index contributed by atoms with van der Waals surface area (Å²) in [6.07, 6.45) is -6.51. The van der Waals surface area contributed by atoms with Gasteiger partial charge in [0.05, 0.1) is 6.10 Å². The zero-order valence-corrected chi connectivity index (χ0v) is 6.95. The van der Waals surface area contributed by atoms with Crippen LogP contribution in [0.4, 0.5) is 0 Å². The normalized spacial score (nSPS) is 46.4. The van der Waals surface area contributed by atoms with Crippen LogP contribution in [0.2, 0.25) is 0 Å². The van der Waals surface area contributed by atoms with Gasteiger partial charge in [-0.2, -0.15) is 0 Å². The second-order valence-electron chi connectivity index (χ2n) is 3.05. The average Bonchev–Trinajstić information content (AvgIpc) is 2.11. The summed E-state index contributed by atoms with van der Waals surface area (Å²) in [5.74, 6) is 0. The molecule has 1 aliphatic rings. The van der Waals surface area contributed by atoms with Gasteiger partial charge in [0.25, 0.3) is 0 Å². The maximum absolute atomic E-state index is 9.30. The van der Waals surface area contributed by atoms with Crippen LogP contribution in [0.3, 0.4) is 0 Å². The van der Waals surface area contributed by atoms with Gasteiger partial charge in [0.1, 0.15) is 18.3 Å². The van der Waals surface area contributed by atoms with Crippen LogP contribution in [0.5, 0.6) is 0 Å². The van der Waals surface area contributed by atoms with Gasteiger partial charge in [-0.05, 0) is 6.42 Å². The lowest BCUT2D eigenvalue weighted by Crippen LogP contribution is -2.57. The maximum Gasteiger partial charge on any atom is 0.183 e. The molecule has 0 unspecified atom stereocenters. The van der Waals surface area contributed by atoms with E-state index in [1.165, 1.54) is 0 Å². The van der Waals surface area contributed by atoms with E-state index in [2.05, 4.69) is 0 Å². The van der Waals surface area contributed by atoms with Gasteiger partial charge in [-0.25, -0.2) is 0 Å². The summed E-state index contributed by atoms with van der Waals surface area (Å²) in [7, 11) is 0. The van der Waals surface area contributed by atoms with Crippen LogP contribution in [0.1, 0.15) is 6.42 Å². The molecule has 5 N–H and O–H groups in total. The van der Waals surface area contributed by atoms with E-state index in [1.807, 2.05) is 0 Å². The Morgan fingerprint density at radius 3 is 2.08 bits per heavy atom. The highest BCUT2D eigenvalue weighted by Gasteiger charge is 2.42. The average molecular weight is 194 g/mol. The summed E-state index contributed by atoms with van der Waals surface area (Å²) in [5, 5.41) is 45.1. The van der Waals surface area contributed by atoms with Crippen molar-refractivity contribution in [1.82, 2.24) is 0 Å². The fraction of sp³-hybridized carbons (Fsp3) is 1.00. The topological polar surface area (TPSA) is 110 Å². The Balaban J connectivity index is 2.59. The number of ether oxygens (including phenoxy) is 1. The monoisotopic (exact) mass is 194 g/mol. The summed E-state index contributed by atoms with van der Waals surface area (Å²) >= 11 is 0. The van der Waals surface area contributed by atoms with Crippen molar-refractivity contribution in [3.8, 4) is 0 Å². The molecule has 0 saturated carbocycles. The molecule has 0 bridgehead atoms. The summed E-state index contributed by atoms with van der Waals surface area (Å²) in [6, 6.07) is 0. The van der Waals surface area contributed by atoms with E-state index in [0.717, 1.165) is 0 Å². The lowest BCUT2D eigenvalue weighted by atomic mass is 9.97. The van der Waals surface area contributed by atoms with Crippen molar-refractivity contribution in [2.75, 3.05) is 6.61 Å². The van der Waals surface area contributed by atoms with Gasteiger partial charge in [0.2, 0.25) is 0 Å². The minimum absolute atomic E-state index is 0.0992. The minimum Gasteiger partial charge on any atom is -0.396 e. The van der Waals surface area contributed by atoms with Gasteiger partial charge in [-0.1, -0.05) is 0 Å². The molecule has 0 aromatic carbocycles. The molecule has 0 aliphatic carbocycles. The van der Waals surface area contributed by atoms with E-state index in [1.54, 1.807) is 0 Å². The van der Waals surface area contributed by atoms with Gasteiger partial charge < -0.3 is 30.3 Å². The lowest BCUT2D eigenvalue weighted by molar-refractivity contribution is -0.283. The van der Waals surface area contributed by atoms with E-state index < -0.39 is 30.7 Å². The molecule has 6 nitrogen and oxygen atoms in total. The van der Waals surface area contributed by atoms with Crippen molar-refractivity contribution in [2.24, 2.45) is 0 Å². The summed E-state index contributed by atoms with van der Waals surface area (Å²) in [6.45, 7) is -0.225. The molecule has 6 heteroatoms. The lowest BCUT2D eigenvalue weighted by Gasteiger charge is -2.38. The summed E-state index contributed by atoms with van der Waals surface area (Å²) < 4.78 is 4.76. The molecule has 0 amide bonds. The Kier molecular flexibility index (Phi) is 3.60. The summed E-state index contributed by atoms with van der Waals surface area (Å²) in [5.41, 5.74) is 0. The molecule has 0 aromatic rings. The molecule has 13 heavy (non-hydrogen) atoms. The van der Waals surface area contributed by atoms with Crippen LogP contribution in [0.25, 0.3) is 0 Å². The van der Waals surface area contributed by atoms with Gasteiger partial charge in [0.15, 0.2) is 6.29 Å². The van der Waals surface area contributed by atoms with Crippen molar-refractivity contribution >= 4 is 0 Å². The van der Waals surface area contributed by atoms with E-state index >= 15 is 0 Å². The molecule has 0 spiro atoms. The van der Waals surface area contributed by atoms with Gasteiger partial charge in [0, 0.05) is 6.61 Å². The highest BCUT2D eigenvalue weighted by molar-refractivity contribution is 4.88. The summed E-state index contributed by atoms with van der Waals surface area (Å²) in [4.78, 5) is 0. The zero-order valence-electron chi connectivity index (χ0n) is 6.95. The largest absolute Gasteiger partial charge is 0.396 e. The molecule has 0 radical (unpaired) electrons. The van der Waals surface area contributed by atoms with Crippen LogP contribution >= 0.6 is 0 Å². The number of hydrogen-bond acceptors (Lipinski definition) is 6. The Bertz CT molecular complexity index is 163. The quantitative estimate of drug-likeness (QED) is 0.324. The van der Waals surface area contributed by atoms with Crippen LogP contribution in [-0.4, -0.2) is 62.8 Å². The molecular formula is C7H14O6. The predicted molar refractivity (Wildman–Crippen MR) is 40.6 cm³/mol. The van der Waals surface area contributed by atoms with Crippen molar-refractivity contribution in [1.29, 1.82) is 0 Å². The molecule has 0 aromatic heterocycles. The van der Waals surface area contributed by atoms with Gasteiger partial charge in [-0.15, -0.1) is 0 Å². The first-order valence-corrected chi connectivity index (χ1v) is 4.06. The van der Waals surface area contributed by atoms with Crippen LogP contribution in [-0.2, 0) is 4.74 Å². The smallest absolute Gasteiger partial charge is 0.183 e. The first-order valence-electron chi connectivity index (χ1n) is 4.06. The van der Waals surface area contributed by atoms with Crippen molar-refractivity contribution in [2.45, 2.75) is 37.1 Å². The third kappa shape index (κ3) is 2.16. The molecule has 78 valence electrons. The van der Waals surface area contributed by atoms with Gasteiger partial charge in [-0.3, -0.25) is 0 Å². The standard InChI is InChI=1S/C7H14O6/c8-2-1-3-4(9)5(10)6(11)7(12)13-3/h3-12H,1-2H2/t3-,4+,5-,6+,7+/m1/s1. The minimum atomic E-state index is -1.52. The Labute approximate surface area is 75.0 Å². The third-order valence-corrected chi connectivity index (χ3v) is 2.10. The number of aliphatic hydroxyl groups is 5. The van der Waals surface area contributed by atoms with Crippen LogP contribution in [0, 0.1) is 0 Å². The highest BCUT2D eigenvalue weighted by Crippen LogP contribution is 2.21. The van der Waals surface area contributed by atoms with Crippen molar-refractivity contribution in [3.63, 3.8) is 0 Å². The Hall–Kier alpha value is -0.240. The highest BCUT2D eigenvalue weighted by atomic mass is 16.6. The number of hydrogen-bond donors (Lipinski definition) is 5. The Morgan fingerprint density at radius 1 is 0.923 bits per heavy atom. The molecular weight excluding hydrogens is 180 g/mol. The molecule has 1 aliphatic heterocycles. The van der Waals surface area contributed by atoms with E-state index in [9.17, 15) is 10.2 Å². The molecule has 5 atom stereocenters. The van der Waals surface area contributed by atoms with Gasteiger partial charge >= 0.3 is 0 Å². The SMILES string of the molecule is OCC[C@H]1O[C@H](O)[C@@H](O)[C@H](O)[C@H]1O. The Morgan fingerprint density at radius 2 is 1.54 bits per heavy atom. The first kappa shape index (κ1) is 10.8. The molecule has 1 rings (SSSR count). The second-order valence-corrected chi connectivity index (χ2v) is 3.05. The number of rotatable bonds is 2.